The maximum absolute atomic E-state index is 13.9. The van der Waals surface area contributed by atoms with Crippen LogP contribution in [0.4, 0.5) is 22.0 Å². The Bertz CT molecular complexity index is 614. The lowest BCUT2D eigenvalue weighted by molar-refractivity contribution is -0.185. The zero-order valence-corrected chi connectivity index (χ0v) is 11.0. The molecule has 0 saturated heterocycles. The van der Waals surface area contributed by atoms with Crippen LogP contribution in [-0.2, 0) is 12.5 Å². The summed E-state index contributed by atoms with van der Waals surface area (Å²) < 4.78 is 70.8. The number of benzene rings is 2. The second-order valence-electron chi connectivity index (χ2n) is 4.37. The van der Waals surface area contributed by atoms with Crippen LogP contribution in [0.2, 0.25) is 0 Å². The fourth-order valence-corrected chi connectivity index (χ4v) is 1.73. The van der Waals surface area contributed by atoms with Gasteiger partial charge >= 0.3 is 6.11 Å². The van der Waals surface area contributed by atoms with Crippen molar-refractivity contribution in [2.45, 2.75) is 19.5 Å². The molecule has 0 N–H and O–H groups in total. The minimum atomic E-state index is -3.79. The molecule has 0 bridgehead atoms. The van der Waals surface area contributed by atoms with Gasteiger partial charge in [0.2, 0.25) is 0 Å². The summed E-state index contributed by atoms with van der Waals surface area (Å²) in [6, 6.07) is 6.06. The second kappa shape index (κ2) is 5.71. The lowest BCUT2D eigenvalue weighted by Crippen LogP contribution is -2.22. The Kier molecular flexibility index (Phi) is 4.16. The Hall–Kier alpha value is -2.11. The highest BCUT2D eigenvalue weighted by Crippen LogP contribution is 2.32. The zero-order chi connectivity index (χ0) is 15.6. The van der Waals surface area contributed by atoms with E-state index in [4.69, 9.17) is 0 Å². The SMILES string of the molecule is CCc1ccc(C(F)(F)Oc2cc(F)c(F)c(F)c2)cc1. The number of alkyl halides is 2. The zero-order valence-electron chi connectivity index (χ0n) is 11.0. The van der Waals surface area contributed by atoms with Crippen LogP contribution in [0.25, 0.3) is 0 Å². The van der Waals surface area contributed by atoms with E-state index in [-0.39, 0.29) is 0 Å². The van der Waals surface area contributed by atoms with Crippen molar-refractivity contribution >= 4 is 0 Å². The van der Waals surface area contributed by atoms with Gasteiger partial charge in [0.15, 0.2) is 17.5 Å². The molecule has 0 aromatic heterocycles. The van der Waals surface area contributed by atoms with Gasteiger partial charge in [-0.05, 0) is 24.1 Å². The van der Waals surface area contributed by atoms with Crippen molar-refractivity contribution in [3.63, 3.8) is 0 Å². The highest BCUT2D eigenvalue weighted by Gasteiger charge is 2.35. The molecule has 0 aliphatic carbocycles. The highest BCUT2D eigenvalue weighted by atomic mass is 19.3. The Morgan fingerprint density at radius 3 is 1.95 bits per heavy atom. The molecule has 0 aliphatic rings. The molecule has 0 unspecified atom stereocenters. The molecule has 2 rings (SSSR count). The summed E-state index contributed by atoms with van der Waals surface area (Å²) in [5.74, 6) is -5.72. The molecule has 0 spiro atoms. The first-order chi connectivity index (χ1) is 9.83. The van der Waals surface area contributed by atoms with Crippen molar-refractivity contribution in [2.75, 3.05) is 0 Å². The minimum Gasteiger partial charge on any atom is -0.429 e. The topological polar surface area (TPSA) is 9.23 Å². The van der Waals surface area contributed by atoms with E-state index < -0.39 is 34.9 Å². The molecular weight excluding hydrogens is 291 g/mol. The van der Waals surface area contributed by atoms with Gasteiger partial charge in [-0.25, -0.2) is 13.2 Å². The molecule has 0 saturated carbocycles. The van der Waals surface area contributed by atoms with Gasteiger partial charge in [0, 0.05) is 12.1 Å². The van der Waals surface area contributed by atoms with E-state index in [0.29, 0.717) is 18.6 Å². The molecule has 0 atom stereocenters. The van der Waals surface area contributed by atoms with Gasteiger partial charge in [0.1, 0.15) is 5.75 Å². The number of aryl methyl sites for hydroxylation is 1. The van der Waals surface area contributed by atoms with Crippen LogP contribution in [0, 0.1) is 17.5 Å². The summed E-state index contributed by atoms with van der Waals surface area (Å²) in [5.41, 5.74) is 0.387. The highest BCUT2D eigenvalue weighted by molar-refractivity contribution is 5.29. The van der Waals surface area contributed by atoms with E-state index in [1.165, 1.54) is 12.1 Å². The Labute approximate surface area is 118 Å². The summed E-state index contributed by atoms with van der Waals surface area (Å²) in [5, 5.41) is 0. The maximum Gasteiger partial charge on any atom is 0.426 e. The fraction of sp³-hybridized carbons (Fsp3) is 0.200. The monoisotopic (exact) mass is 302 g/mol. The van der Waals surface area contributed by atoms with Crippen molar-refractivity contribution in [2.24, 2.45) is 0 Å². The lowest BCUT2D eigenvalue weighted by atomic mass is 10.1. The van der Waals surface area contributed by atoms with Crippen molar-refractivity contribution in [1.29, 1.82) is 0 Å². The maximum atomic E-state index is 13.9. The molecule has 0 aliphatic heterocycles. The van der Waals surface area contributed by atoms with E-state index in [1.54, 1.807) is 0 Å². The van der Waals surface area contributed by atoms with Gasteiger partial charge in [0.25, 0.3) is 0 Å². The Morgan fingerprint density at radius 1 is 0.952 bits per heavy atom. The largest absolute Gasteiger partial charge is 0.429 e. The molecule has 21 heavy (non-hydrogen) atoms. The average Bonchev–Trinajstić information content (AvgIpc) is 2.44. The summed E-state index contributed by atoms with van der Waals surface area (Å²) in [6.07, 6.45) is -3.11. The Balaban J connectivity index is 2.27. The molecule has 1 nitrogen and oxygen atoms in total. The van der Waals surface area contributed by atoms with Crippen molar-refractivity contribution < 1.29 is 26.7 Å². The van der Waals surface area contributed by atoms with Gasteiger partial charge in [-0.2, -0.15) is 8.78 Å². The van der Waals surface area contributed by atoms with Crippen LogP contribution >= 0.6 is 0 Å². The lowest BCUT2D eigenvalue weighted by Gasteiger charge is -2.18. The first kappa shape index (κ1) is 15.3. The number of ether oxygens (including phenoxy) is 1. The number of rotatable bonds is 4. The van der Waals surface area contributed by atoms with E-state index in [1.807, 2.05) is 6.92 Å². The van der Waals surface area contributed by atoms with E-state index in [0.717, 1.165) is 17.7 Å². The van der Waals surface area contributed by atoms with Crippen molar-refractivity contribution in [1.82, 2.24) is 0 Å². The fourth-order valence-electron chi connectivity index (χ4n) is 1.73. The van der Waals surface area contributed by atoms with Crippen molar-refractivity contribution in [3.05, 3.63) is 65.0 Å². The van der Waals surface area contributed by atoms with Crippen molar-refractivity contribution in [3.8, 4) is 5.75 Å². The predicted molar refractivity (Wildman–Crippen MR) is 66.7 cm³/mol. The first-order valence-corrected chi connectivity index (χ1v) is 6.14. The number of hydrogen-bond acceptors (Lipinski definition) is 1. The third-order valence-electron chi connectivity index (χ3n) is 2.90. The predicted octanol–water partition coefficient (Wildman–Crippen LogP) is 4.79. The van der Waals surface area contributed by atoms with E-state index in [9.17, 15) is 22.0 Å². The van der Waals surface area contributed by atoms with Crippen LogP contribution in [0.1, 0.15) is 18.1 Å². The molecule has 0 fully saturated rings. The standard InChI is InChI=1S/C15H11F5O/c1-2-9-3-5-10(6-4-9)15(19,20)21-11-7-12(16)14(18)13(17)8-11/h3-8H,2H2,1H3. The first-order valence-electron chi connectivity index (χ1n) is 6.14. The third kappa shape index (κ3) is 3.32. The van der Waals surface area contributed by atoms with E-state index >= 15 is 0 Å². The van der Waals surface area contributed by atoms with Crippen LogP contribution in [0.5, 0.6) is 5.75 Å². The van der Waals surface area contributed by atoms with Gasteiger partial charge in [-0.15, -0.1) is 0 Å². The normalized spacial score (nSPS) is 11.5. The molecule has 0 radical (unpaired) electrons. The van der Waals surface area contributed by atoms with Crippen LogP contribution in [-0.4, -0.2) is 0 Å². The molecule has 0 amide bonds. The second-order valence-corrected chi connectivity index (χ2v) is 4.37. The number of hydrogen-bond donors (Lipinski definition) is 0. The van der Waals surface area contributed by atoms with Crippen LogP contribution < -0.4 is 4.74 Å². The summed E-state index contributed by atoms with van der Waals surface area (Å²) in [6.45, 7) is 1.87. The van der Waals surface area contributed by atoms with Crippen LogP contribution in [0.3, 0.4) is 0 Å². The molecule has 112 valence electrons. The van der Waals surface area contributed by atoms with Gasteiger partial charge in [0.05, 0.1) is 5.56 Å². The molecular formula is C15H11F5O. The van der Waals surface area contributed by atoms with Crippen LogP contribution in [0.15, 0.2) is 36.4 Å². The van der Waals surface area contributed by atoms with Gasteiger partial charge in [-0.3, -0.25) is 0 Å². The quantitative estimate of drug-likeness (QED) is 0.582. The summed E-state index contributed by atoms with van der Waals surface area (Å²) in [7, 11) is 0. The number of halogens is 5. The summed E-state index contributed by atoms with van der Waals surface area (Å²) in [4.78, 5) is 0. The van der Waals surface area contributed by atoms with Gasteiger partial charge < -0.3 is 4.74 Å². The molecule has 0 heterocycles. The van der Waals surface area contributed by atoms with E-state index in [2.05, 4.69) is 4.74 Å². The third-order valence-corrected chi connectivity index (χ3v) is 2.90. The smallest absolute Gasteiger partial charge is 0.426 e. The van der Waals surface area contributed by atoms with Gasteiger partial charge in [-0.1, -0.05) is 19.1 Å². The molecule has 2 aromatic carbocycles. The Morgan fingerprint density at radius 2 is 1.48 bits per heavy atom. The summed E-state index contributed by atoms with van der Waals surface area (Å²) >= 11 is 0. The molecule has 6 heteroatoms. The molecule has 2 aromatic rings. The average molecular weight is 302 g/mol. The minimum absolute atomic E-state index is 0.368.